The number of hydrogen-bond donors (Lipinski definition) is 0. The van der Waals surface area contributed by atoms with Crippen LogP contribution in [0.2, 0.25) is 0 Å². The van der Waals surface area contributed by atoms with Gasteiger partial charge in [-0.1, -0.05) is 32.0 Å². The largest absolute Gasteiger partial charge is 0.297 e. The molecule has 0 spiro atoms. The summed E-state index contributed by atoms with van der Waals surface area (Å²) >= 11 is 0. The minimum Gasteiger partial charge on any atom is -0.297 e. The molecule has 0 aliphatic carbocycles. The van der Waals surface area contributed by atoms with Crippen LogP contribution < -0.4 is 0 Å². The molecule has 2 rings (SSSR count). The van der Waals surface area contributed by atoms with Gasteiger partial charge in [0.15, 0.2) is 5.82 Å². The van der Waals surface area contributed by atoms with E-state index in [2.05, 4.69) is 10.2 Å². The second kappa shape index (κ2) is 5.77. The molecule has 0 radical (unpaired) electrons. The monoisotopic (exact) mass is 327 g/mol. The minimum atomic E-state index is -3.93. The highest BCUT2D eigenvalue weighted by Gasteiger charge is 2.24. The SMILES string of the molecule is Cc1cccc(-c2nnc(S(=O)(=O)Cl)n2CC(C)C)c1C. The van der Waals surface area contributed by atoms with Crippen LogP contribution in [-0.4, -0.2) is 23.2 Å². The van der Waals surface area contributed by atoms with Crippen LogP contribution >= 0.6 is 10.7 Å². The van der Waals surface area contributed by atoms with Crippen LogP contribution in [0.3, 0.4) is 0 Å². The van der Waals surface area contributed by atoms with E-state index in [1.807, 2.05) is 45.9 Å². The lowest BCUT2D eigenvalue weighted by Gasteiger charge is -2.13. The number of aryl methyl sites for hydroxylation is 1. The first kappa shape index (κ1) is 16.0. The molecule has 0 N–H and O–H groups in total. The summed E-state index contributed by atoms with van der Waals surface area (Å²) in [5, 5.41) is 7.64. The molecule has 5 nitrogen and oxygen atoms in total. The van der Waals surface area contributed by atoms with Crippen molar-refractivity contribution >= 4 is 19.7 Å². The summed E-state index contributed by atoms with van der Waals surface area (Å²) in [7, 11) is 1.54. The van der Waals surface area contributed by atoms with Crippen molar-refractivity contribution in [3.8, 4) is 11.4 Å². The van der Waals surface area contributed by atoms with Gasteiger partial charge in [-0.15, -0.1) is 10.2 Å². The zero-order valence-electron chi connectivity index (χ0n) is 12.5. The molecule has 7 heteroatoms. The Balaban J connectivity index is 2.70. The third kappa shape index (κ3) is 3.27. The Morgan fingerprint density at radius 3 is 2.48 bits per heavy atom. The average molecular weight is 328 g/mol. The Morgan fingerprint density at radius 2 is 1.90 bits per heavy atom. The normalized spacial score (nSPS) is 12.1. The first-order valence-corrected chi connectivity index (χ1v) is 8.97. The van der Waals surface area contributed by atoms with Crippen molar-refractivity contribution in [2.45, 2.75) is 39.4 Å². The molecular formula is C14H18ClN3O2S. The van der Waals surface area contributed by atoms with Gasteiger partial charge in [0.1, 0.15) is 0 Å². The van der Waals surface area contributed by atoms with Crippen molar-refractivity contribution in [2.24, 2.45) is 5.92 Å². The van der Waals surface area contributed by atoms with E-state index in [4.69, 9.17) is 10.7 Å². The molecule has 0 unspecified atom stereocenters. The maximum Gasteiger partial charge on any atom is 0.296 e. The fourth-order valence-electron chi connectivity index (χ4n) is 2.19. The van der Waals surface area contributed by atoms with Crippen LogP contribution in [0.25, 0.3) is 11.4 Å². The molecule has 21 heavy (non-hydrogen) atoms. The van der Waals surface area contributed by atoms with Crippen LogP contribution in [0.5, 0.6) is 0 Å². The predicted molar refractivity (Wildman–Crippen MR) is 82.8 cm³/mol. The van der Waals surface area contributed by atoms with Gasteiger partial charge in [-0.3, -0.25) is 4.57 Å². The lowest BCUT2D eigenvalue weighted by molar-refractivity contribution is 0.488. The molecular weight excluding hydrogens is 310 g/mol. The minimum absolute atomic E-state index is 0.200. The van der Waals surface area contributed by atoms with Gasteiger partial charge in [0.2, 0.25) is 0 Å². The number of rotatable bonds is 4. The Morgan fingerprint density at radius 1 is 1.24 bits per heavy atom. The third-order valence-corrected chi connectivity index (χ3v) is 4.48. The van der Waals surface area contributed by atoms with E-state index in [0.29, 0.717) is 12.4 Å². The van der Waals surface area contributed by atoms with Crippen molar-refractivity contribution in [3.63, 3.8) is 0 Å². The van der Waals surface area contributed by atoms with E-state index in [0.717, 1.165) is 16.7 Å². The molecule has 1 aromatic heterocycles. The van der Waals surface area contributed by atoms with Gasteiger partial charge in [0, 0.05) is 22.8 Å². The van der Waals surface area contributed by atoms with Crippen molar-refractivity contribution in [1.82, 2.24) is 14.8 Å². The van der Waals surface area contributed by atoms with E-state index in [-0.39, 0.29) is 11.1 Å². The predicted octanol–water partition coefficient (Wildman–Crippen LogP) is 3.15. The zero-order chi connectivity index (χ0) is 15.8. The van der Waals surface area contributed by atoms with E-state index in [9.17, 15) is 8.42 Å². The second-order valence-corrected chi connectivity index (χ2v) is 7.96. The molecule has 0 fully saturated rings. The quantitative estimate of drug-likeness (QED) is 0.809. The van der Waals surface area contributed by atoms with Crippen LogP contribution in [0.4, 0.5) is 0 Å². The molecule has 0 atom stereocenters. The van der Waals surface area contributed by atoms with Gasteiger partial charge in [-0.25, -0.2) is 8.42 Å². The van der Waals surface area contributed by atoms with Crippen molar-refractivity contribution < 1.29 is 8.42 Å². The number of aromatic nitrogens is 3. The number of halogens is 1. The second-order valence-electron chi connectivity index (χ2n) is 5.50. The van der Waals surface area contributed by atoms with Gasteiger partial charge in [-0.2, -0.15) is 0 Å². The lowest BCUT2D eigenvalue weighted by Crippen LogP contribution is -2.12. The fourth-order valence-corrected chi connectivity index (χ4v) is 3.10. The lowest BCUT2D eigenvalue weighted by atomic mass is 10.0. The summed E-state index contributed by atoms with van der Waals surface area (Å²) in [4.78, 5) is 0. The van der Waals surface area contributed by atoms with Gasteiger partial charge in [0.05, 0.1) is 0 Å². The Hall–Kier alpha value is -1.40. The molecule has 0 saturated carbocycles. The highest BCUT2D eigenvalue weighted by atomic mass is 35.7. The highest BCUT2D eigenvalue weighted by Crippen LogP contribution is 2.27. The first-order valence-electron chi connectivity index (χ1n) is 6.66. The van der Waals surface area contributed by atoms with Crippen LogP contribution in [-0.2, 0) is 15.6 Å². The topological polar surface area (TPSA) is 64.8 Å². The highest BCUT2D eigenvalue weighted by molar-refractivity contribution is 8.13. The van der Waals surface area contributed by atoms with Gasteiger partial charge in [0.25, 0.3) is 14.2 Å². The molecule has 2 aromatic rings. The van der Waals surface area contributed by atoms with E-state index >= 15 is 0 Å². The summed E-state index contributed by atoms with van der Waals surface area (Å²) < 4.78 is 24.9. The fraction of sp³-hybridized carbons (Fsp3) is 0.429. The third-order valence-electron chi connectivity index (χ3n) is 3.33. The number of benzene rings is 1. The van der Waals surface area contributed by atoms with Gasteiger partial charge in [-0.05, 0) is 30.9 Å². The number of hydrogen-bond acceptors (Lipinski definition) is 4. The summed E-state index contributed by atoms with van der Waals surface area (Å²) in [6.07, 6.45) is 0. The maximum absolute atomic E-state index is 11.7. The maximum atomic E-state index is 11.7. The summed E-state index contributed by atoms with van der Waals surface area (Å²) in [6, 6.07) is 5.83. The van der Waals surface area contributed by atoms with Gasteiger partial charge < -0.3 is 0 Å². The van der Waals surface area contributed by atoms with Crippen LogP contribution in [0.1, 0.15) is 25.0 Å². The van der Waals surface area contributed by atoms with Gasteiger partial charge >= 0.3 is 0 Å². The molecule has 0 amide bonds. The molecule has 0 aliphatic rings. The van der Waals surface area contributed by atoms with E-state index in [1.54, 1.807) is 4.57 Å². The number of nitrogens with zero attached hydrogens (tertiary/aromatic N) is 3. The summed E-state index contributed by atoms with van der Waals surface area (Å²) in [5.74, 6) is 0.770. The molecule has 0 saturated heterocycles. The Kier molecular flexibility index (Phi) is 4.39. The first-order chi connectivity index (χ1) is 9.71. The van der Waals surface area contributed by atoms with Crippen LogP contribution in [0, 0.1) is 19.8 Å². The smallest absolute Gasteiger partial charge is 0.296 e. The van der Waals surface area contributed by atoms with E-state index in [1.165, 1.54) is 0 Å². The van der Waals surface area contributed by atoms with Crippen molar-refractivity contribution in [3.05, 3.63) is 29.3 Å². The summed E-state index contributed by atoms with van der Waals surface area (Å²) in [6.45, 7) is 8.46. The van der Waals surface area contributed by atoms with Crippen molar-refractivity contribution in [2.75, 3.05) is 0 Å². The molecule has 1 aromatic carbocycles. The standard InChI is InChI=1S/C14H18ClN3O2S/c1-9(2)8-18-13(16-17-14(18)21(15,19)20)12-7-5-6-10(3)11(12)4/h5-7,9H,8H2,1-4H3. The zero-order valence-corrected chi connectivity index (χ0v) is 14.0. The molecule has 114 valence electrons. The molecule has 1 heterocycles. The average Bonchev–Trinajstić information content (AvgIpc) is 2.75. The van der Waals surface area contributed by atoms with Crippen LogP contribution in [0.15, 0.2) is 23.4 Å². The molecule has 0 aliphatic heterocycles. The summed E-state index contributed by atoms with van der Waals surface area (Å²) in [5.41, 5.74) is 3.03. The molecule has 0 bridgehead atoms. The van der Waals surface area contributed by atoms with E-state index < -0.39 is 9.05 Å². The Labute approximate surface area is 129 Å². The van der Waals surface area contributed by atoms with Crippen molar-refractivity contribution in [1.29, 1.82) is 0 Å². The Bertz CT molecular complexity index is 767.